The number of hydrogen-bond donors (Lipinski definition) is 0. The lowest BCUT2D eigenvalue weighted by Crippen LogP contribution is -2.37. The van der Waals surface area contributed by atoms with Crippen LogP contribution in [-0.4, -0.2) is 88.6 Å². The van der Waals surface area contributed by atoms with E-state index in [0.717, 1.165) is 59.5 Å². The fourth-order valence-electron chi connectivity index (χ4n) is 6.71. The topological polar surface area (TPSA) is 99.8 Å². The number of rotatable bonds is 11. The van der Waals surface area contributed by atoms with Crippen molar-refractivity contribution in [2.75, 3.05) is 38.2 Å². The Balaban J connectivity index is 1.35. The Hall–Kier alpha value is -3.17. The molecule has 0 atom stereocenters. The molecule has 0 spiro atoms. The molecule has 0 aromatic carbocycles. The van der Waals surface area contributed by atoms with Gasteiger partial charge in [0.05, 0.1) is 29.6 Å². The number of ether oxygens (including phenoxy) is 3. The fraction of sp³-hybridized carbons (Fsp3) is 0.714. The first-order valence-electron chi connectivity index (χ1n) is 17.9. The molecule has 15 heteroatoms. The maximum Gasteiger partial charge on any atom is 0.436 e. The maximum atomic E-state index is 14.2. The van der Waals surface area contributed by atoms with E-state index in [-0.39, 0.29) is 24.4 Å². The molecular weight excluding hydrogens is 668 g/mol. The van der Waals surface area contributed by atoms with E-state index in [4.69, 9.17) is 24.3 Å². The van der Waals surface area contributed by atoms with Crippen molar-refractivity contribution in [2.24, 2.45) is 0 Å². The molecule has 11 nitrogen and oxygen atoms in total. The van der Waals surface area contributed by atoms with E-state index < -0.39 is 37.7 Å². The van der Waals surface area contributed by atoms with E-state index in [1.54, 1.807) is 0 Å². The molecular formula is C35H54F3N7O4Si. The first-order chi connectivity index (χ1) is 23.4. The quantitative estimate of drug-likeness (QED) is 0.145. The Morgan fingerprint density at radius 1 is 1.04 bits per heavy atom. The van der Waals surface area contributed by atoms with Crippen molar-refractivity contribution >= 4 is 30.9 Å². The Labute approximate surface area is 294 Å². The number of anilines is 1. The van der Waals surface area contributed by atoms with Gasteiger partial charge in [0, 0.05) is 44.8 Å². The van der Waals surface area contributed by atoms with Crippen molar-refractivity contribution in [3.8, 4) is 5.75 Å². The number of alkyl halides is 3. The van der Waals surface area contributed by atoms with Gasteiger partial charge in [0.1, 0.15) is 18.1 Å². The lowest BCUT2D eigenvalue weighted by atomic mass is 9.92. The second-order valence-corrected chi connectivity index (χ2v) is 21.6. The predicted molar refractivity (Wildman–Crippen MR) is 190 cm³/mol. The van der Waals surface area contributed by atoms with Gasteiger partial charge in [-0.25, -0.2) is 14.5 Å². The number of carbonyl (C=O) groups is 1. The lowest BCUT2D eigenvalue weighted by molar-refractivity contribution is -0.148. The van der Waals surface area contributed by atoms with Gasteiger partial charge in [-0.15, -0.1) is 0 Å². The van der Waals surface area contributed by atoms with Gasteiger partial charge >= 0.3 is 12.3 Å². The van der Waals surface area contributed by atoms with Crippen molar-refractivity contribution in [3.63, 3.8) is 0 Å². The zero-order valence-electron chi connectivity index (χ0n) is 30.8. The van der Waals surface area contributed by atoms with Gasteiger partial charge in [0.15, 0.2) is 11.4 Å². The monoisotopic (exact) mass is 721 g/mol. The van der Waals surface area contributed by atoms with Gasteiger partial charge in [-0.2, -0.15) is 23.4 Å². The molecule has 50 heavy (non-hydrogen) atoms. The van der Waals surface area contributed by atoms with Gasteiger partial charge in [-0.05, 0) is 92.4 Å². The molecule has 2 aliphatic rings. The summed E-state index contributed by atoms with van der Waals surface area (Å²) in [7, 11) is 0.747. The molecule has 3 aromatic rings. The summed E-state index contributed by atoms with van der Waals surface area (Å²) in [6.45, 7) is 16.4. The minimum absolute atomic E-state index is 0.00814. The fourth-order valence-corrected chi connectivity index (χ4v) is 7.47. The van der Waals surface area contributed by atoms with E-state index in [1.165, 1.54) is 4.90 Å². The minimum Gasteiger partial charge on any atom is -0.486 e. The van der Waals surface area contributed by atoms with Gasteiger partial charge < -0.3 is 19.1 Å². The highest BCUT2D eigenvalue weighted by Crippen LogP contribution is 2.41. The van der Waals surface area contributed by atoms with Gasteiger partial charge in [-0.1, -0.05) is 19.6 Å². The molecule has 278 valence electrons. The molecule has 0 radical (unpaired) electrons. The molecule has 1 saturated carbocycles. The number of nitrogens with zero attached hydrogens (tertiary/aromatic N) is 7. The summed E-state index contributed by atoms with van der Waals surface area (Å²) in [5, 5.41) is 10.2. The number of amides is 1. The second-order valence-electron chi connectivity index (χ2n) is 15.9. The highest BCUT2D eigenvalue weighted by atomic mass is 28.3. The van der Waals surface area contributed by atoms with Crippen LogP contribution in [0.2, 0.25) is 25.7 Å². The van der Waals surface area contributed by atoms with Crippen LogP contribution in [0.1, 0.15) is 89.6 Å². The summed E-state index contributed by atoms with van der Waals surface area (Å²) in [5.74, 6) is 0.511. The summed E-state index contributed by atoms with van der Waals surface area (Å²) in [6, 6.07) is 2.78. The number of likely N-dealkylation sites (tertiary alicyclic amines) is 1. The number of carbonyl (C=O) groups excluding carboxylic acids is 1. The molecule has 5 rings (SSSR count). The third-order valence-electron chi connectivity index (χ3n) is 9.49. The van der Waals surface area contributed by atoms with Crippen LogP contribution in [0.5, 0.6) is 5.75 Å². The average molecular weight is 722 g/mol. The van der Waals surface area contributed by atoms with E-state index >= 15 is 0 Å². The summed E-state index contributed by atoms with van der Waals surface area (Å²) >= 11 is 0. The Morgan fingerprint density at radius 2 is 1.72 bits per heavy atom. The lowest BCUT2D eigenvalue weighted by Gasteiger charge is -2.30. The highest BCUT2D eigenvalue weighted by Gasteiger charge is 2.40. The number of pyridine rings is 1. The van der Waals surface area contributed by atoms with Crippen molar-refractivity contribution in [1.29, 1.82) is 0 Å². The van der Waals surface area contributed by atoms with Crippen LogP contribution in [-0.2, 0) is 22.4 Å². The largest absolute Gasteiger partial charge is 0.486 e. The number of hydrogen-bond acceptors (Lipinski definition) is 8. The van der Waals surface area contributed by atoms with Crippen LogP contribution in [0.4, 0.5) is 23.8 Å². The highest BCUT2D eigenvalue weighted by molar-refractivity contribution is 6.76. The van der Waals surface area contributed by atoms with Crippen LogP contribution in [0.25, 0.3) is 10.9 Å². The van der Waals surface area contributed by atoms with Crippen LogP contribution >= 0.6 is 0 Å². The van der Waals surface area contributed by atoms with Crippen LogP contribution in [0.15, 0.2) is 18.5 Å². The Morgan fingerprint density at radius 3 is 2.32 bits per heavy atom. The maximum absolute atomic E-state index is 14.2. The van der Waals surface area contributed by atoms with Gasteiger partial charge in [0.2, 0.25) is 0 Å². The SMILES string of the molecule is CCN(C(=O)OC(C)(C)C)c1cc2c(cn1)c(C1CCN(C)CC1)nn2C1CCC(Oc2cnn(COCC[Si](C)(C)C)c2C(F)(F)F)CC1. The third-order valence-corrected chi connectivity index (χ3v) is 11.2. The van der Waals surface area contributed by atoms with Crippen LogP contribution < -0.4 is 9.64 Å². The second kappa shape index (κ2) is 15.2. The van der Waals surface area contributed by atoms with Crippen molar-refractivity contribution in [2.45, 2.75) is 128 Å². The normalized spacial score (nSPS) is 20.0. The molecule has 1 aliphatic carbocycles. The predicted octanol–water partition coefficient (Wildman–Crippen LogP) is 8.09. The molecule has 1 saturated heterocycles. The van der Waals surface area contributed by atoms with Crippen LogP contribution in [0.3, 0.4) is 0 Å². The molecule has 0 unspecified atom stereocenters. The van der Waals surface area contributed by atoms with Crippen LogP contribution in [0, 0.1) is 0 Å². The van der Waals surface area contributed by atoms with E-state index in [1.807, 2.05) is 40.0 Å². The first kappa shape index (κ1) is 38.1. The van der Waals surface area contributed by atoms with E-state index in [0.29, 0.717) is 44.7 Å². The molecule has 1 aliphatic heterocycles. The molecule has 2 fully saturated rings. The summed E-state index contributed by atoms with van der Waals surface area (Å²) in [5.41, 5.74) is 0.336. The standard InChI is InChI=1S/C35H54F3N7O4Si/c1-9-43(33(46)49-34(2,3)4)30-20-28-27(21-39-30)31(24-14-16-42(5)17-15-24)41-45(28)25-10-12-26(13-11-25)48-29-22-40-44(32(29)35(36,37)38)23-47-18-19-50(6,7)8/h20-22,24-26H,9-19,23H2,1-8H3. The molecule has 4 heterocycles. The average Bonchev–Trinajstić information content (AvgIpc) is 3.60. The number of aromatic nitrogens is 5. The molecule has 0 bridgehead atoms. The number of halogens is 3. The summed E-state index contributed by atoms with van der Waals surface area (Å²) in [6.07, 6.45) is 1.92. The zero-order valence-corrected chi connectivity index (χ0v) is 31.8. The summed E-state index contributed by atoms with van der Waals surface area (Å²) < 4.78 is 62.8. The van der Waals surface area contributed by atoms with E-state index in [2.05, 4.69) is 41.4 Å². The molecule has 3 aromatic heterocycles. The van der Waals surface area contributed by atoms with Gasteiger partial charge in [0.25, 0.3) is 0 Å². The smallest absolute Gasteiger partial charge is 0.436 e. The number of fused-ring (bicyclic) bond motifs is 1. The van der Waals surface area contributed by atoms with Crippen molar-refractivity contribution in [3.05, 3.63) is 29.8 Å². The first-order valence-corrected chi connectivity index (χ1v) is 21.6. The zero-order chi connectivity index (χ0) is 36.4. The minimum atomic E-state index is -4.64. The Bertz CT molecular complexity index is 1600. The Kier molecular flexibility index (Phi) is 11.6. The van der Waals surface area contributed by atoms with Crippen molar-refractivity contribution in [1.82, 2.24) is 29.4 Å². The number of piperidine rings is 1. The van der Waals surface area contributed by atoms with Gasteiger partial charge in [-0.3, -0.25) is 9.58 Å². The third kappa shape index (κ3) is 9.38. The van der Waals surface area contributed by atoms with Crippen molar-refractivity contribution < 1.29 is 32.2 Å². The molecule has 1 amide bonds. The summed E-state index contributed by atoms with van der Waals surface area (Å²) in [4.78, 5) is 21.7. The van der Waals surface area contributed by atoms with E-state index in [9.17, 15) is 18.0 Å². The molecule has 0 N–H and O–H groups in total.